The number of rotatable bonds is 6. The molecule has 7 nitrogen and oxygen atoms in total. The molecule has 30 heavy (non-hydrogen) atoms. The highest BCUT2D eigenvalue weighted by Gasteiger charge is 2.15. The molecule has 0 fully saturated rings. The van der Waals surface area contributed by atoms with Crippen molar-refractivity contribution in [1.82, 2.24) is 5.16 Å². The Kier molecular flexibility index (Phi) is 5.26. The second-order valence-electron chi connectivity index (χ2n) is 6.63. The standard InChI is InChI=1S/C23H20N2O5/c1-14(10-23(26)24-22-8-9-30-25-22)17-11-18-19(13-29-21(18)12-20(17)28-3)15-4-6-16(27-2)7-5-15/h4-13H,1-3H3,(H,24,25,26)/b14-10+. The number of nitrogens with zero attached hydrogens (tertiary/aromatic N) is 1. The van der Waals surface area contributed by atoms with Crippen molar-refractivity contribution in [3.63, 3.8) is 0 Å². The molecule has 0 aliphatic carbocycles. The summed E-state index contributed by atoms with van der Waals surface area (Å²) in [6, 6.07) is 13.1. The van der Waals surface area contributed by atoms with Crippen molar-refractivity contribution < 1.29 is 23.2 Å². The minimum atomic E-state index is -0.314. The summed E-state index contributed by atoms with van der Waals surface area (Å²) in [5, 5.41) is 7.25. The molecule has 0 aliphatic rings. The smallest absolute Gasteiger partial charge is 0.249 e. The van der Waals surface area contributed by atoms with E-state index in [1.54, 1.807) is 26.5 Å². The van der Waals surface area contributed by atoms with Crippen LogP contribution in [0.4, 0.5) is 5.82 Å². The fourth-order valence-corrected chi connectivity index (χ4v) is 3.24. The van der Waals surface area contributed by atoms with Crippen molar-refractivity contribution >= 4 is 28.3 Å². The first-order valence-electron chi connectivity index (χ1n) is 9.22. The normalized spacial score (nSPS) is 11.5. The second-order valence-corrected chi connectivity index (χ2v) is 6.63. The third kappa shape index (κ3) is 3.77. The van der Waals surface area contributed by atoms with Crippen LogP contribution in [0.1, 0.15) is 12.5 Å². The highest BCUT2D eigenvalue weighted by molar-refractivity contribution is 6.05. The first-order chi connectivity index (χ1) is 14.6. The molecule has 0 saturated carbocycles. The maximum atomic E-state index is 12.3. The van der Waals surface area contributed by atoms with Crippen LogP contribution in [-0.2, 0) is 4.79 Å². The molecule has 4 aromatic rings. The summed E-state index contributed by atoms with van der Waals surface area (Å²) in [6.45, 7) is 1.85. The van der Waals surface area contributed by atoms with Gasteiger partial charge in [-0.1, -0.05) is 17.3 Å². The van der Waals surface area contributed by atoms with Crippen molar-refractivity contribution in [2.45, 2.75) is 6.92 Å². The number of fused-ring (bicyclic) bond motifs is 1. The Morgan fingerprint density at radius 2 is 1.90 bits per heavy atom. The van der Waals surface area contributed by atoms with Crippen LogP contribution in [0.25, 0.3) is 27.7 Å². The molecule has 0 atom stereocenters. The molecule has 0 bridgehead atoms. The van der Waals surface area contributed by atoms with Crippen LogP contribution in [-0.4, -0.2) is 25.3 Å². The van der Waals surface area contributed by atoms with Gasteiger partial charge < -0.3 is 23.7 Å². The van der Waals surface area contributed by atoms with Crippen LogP contribution >= 0.6 is 0 Å². The van der Waals surface area contributed by atoms with E-state index in [1.807, 2.05) is 43.3 Å². The van der Waals surface area contributed by atoms with Crippen molar-refractivity contribution in [1.29, 1.82) is 0 Å². The molecule has 4 rings (SSSR count). The number of amides is 1. The van der Waals surface area contributed by atoms with Crippen LogP contribution in [0, 0.1) is 0 Å². The van der Waals surface area contributed by atoms with Crippen LogP contribution in [0.15, 0.2) is 70.0 Å². The van der Waals surface area contributed by atoms with Gasteiger partial charge >= 0.3 is 0 Å². The number of benzene rings is 2. The third-order valence-corrected chi connectivity index (χ3v) is 4.76. The monoisotopic (exact) mass is 404 g/mol. The maximum absolute atomic E-state index is 12.3. The number of nitrogens with one attached hydrogen (secondary N) is 1. The first kappa shape index (κ1) is 19.3. The Morgan fingerprint density at radius 1 is 1.10 bits per heavy atom. The van der Waals surface area contributed by atoms with Gasteiger partial charge in [-0.15, -0.1) is 0 Å². The van der Waals surface area contributed by atoms with Gasteiger partial charge in [-0.2, -0.15) is 0 Å². The molecule has 2 heterocycles. The average Bonchev–Trinajstić information content (AvgIpc) is 3.42. The van der Waals surface area contributed by atoms with Gasteiger partial charge in [-0.3, -0.25) is 4.79 Å². The van der Waals surface area contributed by atoms with Crippen LogP contribution < -0.4 is 14.8 Å². The zero-order valence-corrected chi connectivity index (χ0v) is 16.8. The van der Waals surface area contributed by atoms with E-state index in [0.717, 1.165) is 33.4 Å². The molecule has 0 saturated heterocycles. The lowest BCUT2D eigenvalue weighted by Gasteiger charge is -2.10. The predicted octanol–water partition coefficient (Wildman–Crippen LogP) is 5.15. The zero-order valence-electron chi connectivity index (χ0n) is 16.8. The Hall–Kier alpha value is -4.00. The number of hydrogen-bond donors (Lipinski definition) is 1. The third-order valence-electron chi connectivity index (χ3n) is 4.76. The van der Waals surface area contributed by atoms with Crippen molar-refractivity contribution in [3.8, 4) is 22.6 Å². The van der Waals surface area contributed by atoms with E-state index in [-0.39, 0.29) is 5.91 Å². The van der Waals surface area contributed by atoms with Gasteiger partial charge in [-0.25, -0.2) is 0 Å². The molecule has 0 unspecified atom stereocenters. The number of carbonyl (C=O) groups is 1. The van der Waals surface area contributed by atoms with Crippen molar-refractivity contribution in [2.24, 2.45) is 0 Å². The molecular weight excluding hydrogens is 384 g/mol. The molecule has 0 radical (unpaired) electrons. The van der Waals surface area contributed by atoms with E-state index in [2.05, 4.69) is 10.5 Å². The molecule has 1 amide bonds. The predicted molar refractivity (Wildman–Crippen MR) is 114 cm³/mol. The van der Waals surface area contributed by atoms with Gasteiger partial charge in [0.05, 0.1) is 20.5 Å². The van der Waals surface area contributed by atoms with Gasteiger partial charge in [-0.05, 0) is 36.3 Å². The summed E-state index contributed by atoms with van der Waals surface area (Å²) in [7, 11) is 3.22. The molecule has 1 N–H and O–H groups in total. The largest absolute Gasteiger partial charge is 0.497 e. The summed E-state index contributed by atoms with van der Waals surface area (Å²) >= 11 is 0. The van der Waals surface area contributed by atoms with E-state index in [1.165, 1.54) is 12.3 Å². The average molecular weight is 404 g/mol. The SMILES string of the molecule is COc1ccc(-c2coc3cc(OC)c(/C(C)=C/C(=O)Nc4ccon4)cc23)cc1. The molecule has 7 heteroatoms. The lowest BCUT2D eigenvalue weighted by molar-refractivity contribution is -0.111. The summed E-state index contributed by atoms with van der Waals surface area (Å²) in [4.78, 5) is 12.3. The zero-order chi connectivity index (χ0) is 21.1. The molecule has 0 spiro atoms. The molecular formula is C23H20N2O5. The van der Waals surface area contributed by atoms with Gasteiger partial charge in [0.25, 0.3) is 0 Å². The Labute approximate surface area is 172 Å². The number of aromatic nitrogens is 1. The van der Waals surface area contributed by atoms with Gasteiger partial charge in [0, 0.05) is 34.7 Å². The summed E-state index contributed by atoms with van der Waals surface area (Å²) < 4.78 is 21.3. The van der Waals surface area contributed by atoms with Gasteiger partial charge in [0.1, 0.15) is 23.3 Å². The van der Waals surface area contributed by atoms with Crippen molar-refractivity contribution in [2.75, 3.05) is 19.5 Å². The van der Waals surface area contributed by atoms with Crippen LogP contribution in [0.5, 0.6) is 11.5 Å². The Morgan fingerprint density at radius 3 is 2.57 bits per heavy atom. The maximum Gasteiger partial charge on any atom is 0.249 e. The Bertz CT molecular complexity index is 1200. The number of anilines is 1. The first-order valence-corrected chi connectivity index (χ1v) is 9.22. The van der Waals surface area contributed by atoms with Crippen LogP contribution in [0.2, 0.25) is 0 Å². The van der Waals surface area contributed by atoms with Gasteiger partial charge in [0.2, 0.25) is 5.91 Å². The fourth-order valence-electron chi connectivity index (χ4n) is 3.24. The lowest BCUT2D eigenvalue weighted by atomic mass is 9.99. The number of hydrogen-bond acceptors (Lipinski definition) is 6. The van der Waals surface area contributed by atoms with E-state index >= 15 is 0 Å². The number of methoxy groups -OCH3 is 2. The van der Waals surface area contributed by atoms with E-state index < -0.39 is 0 Å². The van der Waals surface area contributed by atoms with Crippen molar-refractivity contribution in [3.05, 3.63) is 66.6 Å². The molecule has 0 aliphatic heterocycles. The minimum Gasteiger partial charge on any atom is -0.497 e. The Balaban J connectivity index is 1.73. The topological polar surface area (TPSA) is 86.7 Å². The quantitative estimate of drug-likeness (QED) is 0.448. The fraction of sp³-hybridized carbons (Fsp3) is 0.130. The van der Waals surface area contributed by atoms with E-state index in [9.17, 15) is 4.79 Å². The number of carbonyl (C=O) groups excluding carboxylic acids is 1. The minimum absolute atomic E-state index is 0.314. The molecule has 2 aromatic heterocycles. The van der Waals surface area contributed by atoms with E-state index in [4.69, 9.17) is 18.4 Å². The summed E-state index contributed by atoms with van der Waals surface area (Å²) in [5.74, 6) is 1.43. The lowest BCUT2D eigenvalue weighted by Crippen LogP contribution is -2.08. The van der Waals surface area contributed by atoms with Crippen LogP contribution in [0.3, 0.4) is 0 Å². The highest BCUT2D eigenvalue weighted by atomic mass is 16.5. The molecule has 2 aromatic carbocycles. The number of allylic oxidation sites excluding steroid dienone is 1. The second kappa shape index (κ2) is 8.16. The highest BCUT2D eigenvalue weighted by Crippen LogP contribution is 2.37. The van der Waals surface area contributed by atoms with E-state index in [0.29, 0.717) is 17.2 Å². The summed E-state index contributed by atoms with van der Waals surface area (Å²) in [6.07, 6.45) is 4.60. The molecule has 152 valence electrons. The number of furan rings is 1. The summed E-state index contributed by atoms with van der Waals surface area (Å²) in [5.41, 5.74) is 4.15. The van der Waals surface area contributed by atoms with Gasteiger partial charge in [0.15, 0.2) is 5.82 Å². The number of ether oxygens (including phenoxy) is 2.